The molecular formula is C17H14ClN5OS. The second-order valence-electron chi connectivity index (χ2n) is 5.61. The van der Waals surface area contributed by atoms with E-state index in [4.69, 9.17) is 11.6 Å². The molecule has 6 nitrogen and oxygen atoms in total. The number of hydrogen-bond acceptors (Lipinski definition) is 6. The zero-order chi connectivity index (χ0) is 17.2. The number of nitrogens with zero attached hydrogens (tertiary/aromatic N) is 4. The van der Waals surface area contributed by atoms with Crippen LogP contribution in [-0.4, -0.2) is 32.3 Å². The van der Waals surface area contributed by atoms with E-state index in [0.29, 0.717) is 35.5 Å². The number of rotatable bonds is 3. The molecule has 0 spiro atoms. The van der Waals surface area contributed by atoms with Crippen LogP contribution in [-0.2, 0) is 13.0 Å². The molecule has 0 radical (unpaired) electrons. The number of fused-ring (bicyclic) bond motifs is 1. The first kappa shape index (κ1) is 16.0. The number of aromatic nitrogens is 3. The molecule has 1 aromatic carbocycles. The Kier molecular flexibility index (Phi) is 4.33. The Hall–Kier alpha value is -2.51. The highest BCUT2D eigenvalue weighted by atomic mass is 35.5. The van der Waals surface area contributed by atoms with Crippen LogP contribution in [0.15, 0.2) is 42.0 Å². The van der Waals surface area contributed by atoms with Gasteiger partial charge in [0, 0.05) is 53.6 Å². The molecule has 0 aliphatic carbocycles. The maximum Gasteiger partial charge on any atom is 0.283 e. The number of hydrogen-bond donors (Lipinski definition) is 1. The maximum atomic E-state index is 12.4. The van der Waals surface area contributed by atoms with Gasteiger partial charge in [0.15, 0.2) is 5.01 Å². The first-order valence-corrected chi connectivity index (χ1v) is 9.01. The summed E-state index contributed by atoms with van der Waals surface area (Å²) in [6, 6.07) is 7.40. The molecule has 0 saturated heterocycles. The molecule has 1 aliphatic heterocycles. The largest absolute Gasteiger partial charge is 0.332 e. The molecule has 1 N–H and O–H groups in total. The van der Waals surface area contributed by atoms with Crippen molar-refractivity contribution in [3.63, 3.8) is 0 Å². The summed E-state index contributed by atoms with van der Waals surface area (Å²) in [5.41, 5.74) is 2.76. The molecule has 0 bridgehead atoms. The Bertz CT molecular complexity index is 915. The van der Waals surface area contributed by atoms with Crippen LogP contribution in [0, 0.1) is 0 Å². The third-order valence-corrected chi connectivity index (χ3v) is 4.91. The van der Waals surface area contributed by atoms with Crippen molar-refractivity contribution in [2.45, 2.75) is 13.0 Å². The van der Waals surface area contributed by atoms with Crippen molar-refractivity contribution in [1.82, 2.24) is 19.9 Å². The van der Waals surface area contributed by atoms with E-state index in [9.17, 15) is 4.79 Å². The van der Waals surface area contributed by atoms with Crippen LogP contribution in [0.3, 0.4) is 0 Å². The molecule has 1 aliphatic rings. The summed E-state index contributed by atoms with van der Waals surface area (Å²) in [7, 11) is 0. The van der Waals surface area contributed by atoms with Crippen molar-refractivity contribution in [2.75, 3.05) is 11.9 Å². The molecular weight excluding hydrogens is 358 g/mol. The minimum atomic E-state index is -0.0400. The van der Waals surface area contributed by atoms with Gasteiger partial charge in [-0.25, -0.2) is 15.0 Å². The van der Waals surface area contributed by atoms with Crippen molar-refractivity contribution in [2.24, 2.45) is 0 Å². The fourth-order valence-electron chi connectivity index (χ4n) is 2.71. The van der Waals surface area contributed by atoms with E-state index >= 15 is 0 Å². The molecule has 4 rings (SSSR count). The van der Waals surface area contributed by atoms with Crippen LogP contribution in [0.25, 0.3) is 0 Å². The van der Waals surface area contributed by atoms with Crippen LogP contribution in [0.2, 0.25) is 5.02 Å². The summed E-state index contributed by atoms with van der Waals surface area (Å²) in [4.78, 5) is 27.2. The molecule has 25 heavy (non-hydrogen) atoms. The minimum Gasteiger partial charge on any atom is -0.332 e. The van der Waals surface area contributed by atoms with Crippen LogP contribution in [0.5, 0.6) is 0 Å². The molecule has 126 valence electrons. The number of halogens is 1. The van der Waals surface area contributed by atoms with Gasteiger partial charge in [0.2, 0.25) is 5.95 Å². The predicted octanol–water partition coefficient (Wildman–Crippen LogP) is 3.53. The summed E-state index contributed by atoms with van der Waals surface area (Å²) >= 11 is 7.35. The molecule has 3 heterocycles. The second kappa shape index (κ2) is 6.78. The fraction of sp³-hybridized carbons (Fsp3) is 0.176. The van der Waals surface area contributed by atoms with E-state index in [1.807, 2.05) is 29.6 Å². The summed E-state index contributed by atoms with van der Waals surface area (Å²) in [5, 5.41) is 6.13. The Morgan fingerprint density at radius 2 is 2.24 bits per heavy atom. The van der Waals surface area contributed by atoms with Gasteiger partial charge in [0.1, 0.15) is 0 Å². The average molecular weight is 372 g/mol. The SMILES string of the molecule is O=C(c1nccs1)N1CCc2nc(Nc3cccc(Cl)c3)ncc2C1. The first-order valence-electron chi connectivity index (χ1n) is 7.75. The lowest BCUT2D eigenvalue weighted by Gasteiger charge is -2.27. The fourth-order valence-corrected chi connectivity index (χ4v) is 3.50. The molecule has 2 aromatic heterocycles. The van der Waals surface area contributed by atoms with Crippen molar-refractivity contribution in [3.8, 4) is 0 Å². The summed E-state index contributed by atoms with van der Waals surface area (Å²) < 4.78 is 0. The summed E-state index contributed by atoms with van der Waals surface area (Å²) in [6.07, 6.45) is 4.11. The third-order valence-electron chi connectivity index (χ3n) is 3.92. The van der Waals surface area contributed by atoms with E-state index in [2.05, 4.69) is 20.3 Å². The van der Waals surface area contributed by atoms with Crippen LogP contribution in [0.1, 0.15) is 21.1 Å². The molecule has 0 saturated carbocycles. The standard InChI is InChI=1S/C17H14ClN5OS/c18-12-2-1-3-13(8-12)21-17-20-9-11-10-23(6-4-14(11)22-17)16(24)15-19-5-7-25-15/h1-3,5,7-9H,4,6,10H2,(H,20,21,22). The zero-order valence-corrected chi connectivity index (χ0v) is 14.7. The van der Waals surface area contributed by atoms with Gasteiger partial charge in [0.25, 0.3) is 5.91 Å². The van der Waals surface area contributed by atoms with E-state index in [-0.39, 0.29) is 5.91 Å². The number of nitrogens with one attached hydrogen (secondary N) is 1. The summed E-state index contributed by atoms with van der Waals surface area (Å²) in [5.74, 6) is 0.488. The normalized spacial score (nSPS) is 13.4. The quantitative estimate of drug-likeness (QED) is 0.762. The van der Waals surface area contributed by atoms with Gasteiger partial charge in [-0.15, -0.1) is 11.3 Å². The van der Waals surface area contributed by atoms with Gasteiger partial charge in [-0.1, -0.05) is 17.7 Å². The first-order chi connectivity index (χ1) is 12.2. The van der Waals surface area contributed by atoms with Crippen molar-refractivity contribution in [1.29, 1.82) is 0 Å². The van der Waals surface area contributed by atoms with Crippen LogP contribution in [0.4, 0.5) is 11.6 Å². The van der Waals surface area contributed by atoms with Gasteiger partial charge in [-0.2, -0.15) is 0 Å². The number of carbonyl (C=O) groups excluding carboxylic acids is 1. The van der Waals surface area contributed by atoms with E-state index < -0.39 is 0 Å². The number of thiazole rings is 1. The van der Waals surface area contributed by atoms with Gasteiger partial charge in [-0.3, -0.25) is 4.79 Å². The van der Waals surface area contributed by atoms with E-state index in [1.165, 1.54) is 11.3 Å². The number of benzene rings is 1. The van der Waals surface area contributed by atoms with Crippen LogP contribution >= 0.6 is 22.9 Å². The van der Waals surface area contributed by atoms with Gasteiger partial charge in [-0.05, 0) is 18.2 Å². The van der Waals surface area contributed by atoms with Gasteiger partial charge < -0.3 is 10.2 Å². The number of carbonyl (C=O) groups is 1. The lowest BCUT2D eigenvalue weighted by molar-refractivity contribution is 0.0733. The second-order valence-corrected chi connectivity index (χ2v) is 6.95. The monoisotopic (exact) mass is 371 g/mol. The molecule has 0 unspecified atom stereocenters. The molecule has 3 aromatic rings. The highest BCUT2D eigenvalue weighted by Gasteiger charge is 2.24. The molecule has 8 heteroatoms. The maximum absolute atomic E-state index is 12.4. The zero-order valence-electron chi connectivity index (χ0n) is 13.1. The Labute approximate surface area is 153 Å². The number of anilines is 2. The van der Waals surface area contributed by atoms with Crippen molar-refractivity contribution >= 4 is 40.5 Å². The van der Waals surface area contributed by atoms with E-state index in [0.717, 1.165) is 16.9 Å². The predicted molar refractivity (Wildman–Crippen MR) is 97.3 cm³/mol. The van der Waals surface area contributed by atoms with Crippen molar-refractivity contribution < 1.29 is 4.79 Å². The Balaban J connectivity index is 1.50. The highest BCUT2D eigenvalue weighted by molar-refractivity contribution is 7.11. The molecule has 0 fully saturated rings. The van der Waals surface area contributed by atoms with Gasteiger partial charge in [0.05, 0.1) is 5.69 Å². The Morgan fingerprint density at radius 1 is 1.32 bits per heavy atom. The highest BCUT2D eigenvalue weighted by Crippen LogP contribution is 2.22. The lowest BCUT2D eigenvalue weighted by Crippen LogP contribution is -2.36. The van der Waals surface area contributed by atoms with E-state index in [1.54, 1.807) is 17.3 Å². The third kappa shape index (κ3) is 3.47. The average Bonchev–Trinajstić information content (AvgIpc) is 3.15. The lowest BCUT2D eigenvalue weighted by atomic mass is 10.1. The Morgan fingerprint density at radius 3 is 3.04 bits per heavy atom. The number of amides is 1. The van der Waals surface area contributed by atoms with Crippen molar-refractivity contribution in [3.05, 3.63) is 63.3 Å². The molecule has 0 atom stereocenters. The minimum absolute atomic E-state index is 0.0400. The smallest absolute Gasteiger partial charge is 0.283 e. The van der Waals surface area contributed by atoms with Crippen LogP contribution < -0.4 is 5.32 Å². The van der Waals surface area contributed by atoms with Gasteiger partial charge >= 0.3 is 0 Å². The summed E-state index contributed by atoms with van der Waals surface area (Å²) in [6.45, 7) is 1.13. The molecule has 1 amide bonds. The topological polar surface area (TPSA) is 71.0 Å².